The Balaban J connectivity index is 3.75. The molecule has 0 saturated carbocycles. The molecule has 0 aliphatic carbocycles. The van der Waals surface area contributed by atoms with Gasteiger partial charge in [0.25, 0.3) is 5.56 Å². The molecule has 1 aromatic rings. The maximum atomic E-state index is 11.6. The Bertz CT molecular complexity index is 462. The molecule has 0 spiro atoms. The van der Waals surface area contributed by atoms with Crippen LogP contribution in [0.15, 0.2) is 9.59 Å². The second-order valence-corrected chi connectivity index (χ2v) is 3.43. The van der Waals surface area contributed by atoms with Crippen molar-refractivity contribution in [3.63, 3.8) is 0 Å². The van der Waals surface area contributed by atoms with Crippen LogP contribution in [0.2, 0.25) is 5.02 Å². The van der Waals surface area contributed by atoms with Crippen LogP contribution >= 0.6 is 23.2 Å². The van der Waals surface area contributed by atoms with E-state index in [1.54, 1.807) is 6.92 Å². The van der Waals surface area contributed by atoms with E-state index in [2.05, 4.69) is 0 Å². The smallest absolute Gasteiger partial charge is 0.295 e. The van der Waals surface area contributed by atoms with E-state index in [1.165, 1.54) is 11.6 Å². The van der Waals surface area contributed by atoms with Gasteiger partial charge in [0.05, 0.1) is 11.6 Å². The molecule has 0 bridgehead atoms. The van der Waals surface area contributed by atoms with E-state index in [0.29, 0.717) is 12.2 Å². The molecule has 0 saturated heterocycles. The summed E-state index contributed by atoms with van der Waals surface area (Å²) in [5.74, 6) is 0.0536. The molecule has 6 heteroatoms. The van der Waals surface area contributed by atoms with Gasteiger partial charge in [-0.25, -0.2) is 4.79 Å². The molecule has 0 aromatic carbocycles. The van der Waals surface area contributed by atoms with Crippen molar-refractivity contribution in [1.29, 1.82) is 0 Å². The zero-order valence-electron chi connectivity index (χ0n) is 7.88. The number of halogens is 2. The van der Waals surface area contributed by atoms with Crippen molar-refractivity contribution < 1.29 is 0 Å². The fourth-order valence-electron chi connectivity index (χ4n) is 1.23. The predicted molar refractivity (Wildman–Crippen MR) is 56.2 cm³/mol. The van der Waals surface area contributed by atoms with Crippen molar-refractivity contribution in [2.75, 3.05) is 0 Å². The van der Waals surface area contributed by atoms with Gasteiger partial charge in [-0.05, 0) is 6.92 Å². The molecule has 0 fully saturated rings. The lowest BCUT2D eigenvalue weighted by Gasteiger charge is -2.11. The summed E-state index contributed by atoms with van der Waals surface area (Å²) in [5.41, 5.74) is -0.515. The molecule has 0 atom stereocenters. The summed E-state index contributed by atoms with van der Waals surface area (Å²) in [6.07, 6.45) is 0. The van der Waals surface area contributed by atoms with Gasteiger partial charge >= 0.3 is 5.69 Å². The van der Waals surface area contributed by atoms with E-state index < -0.39 is 11.2 Å². The van der Waals surface area contributed by atoms with Crippen molar-refractivity contribution in [3.05, 3.63) is 31.6 Å². The standard InChI is InChI=1S/C8H10Cl2N2O2/c1-3-12-5(4-9)6(10)7(13)11(2)8(12)14/h3-4H2,1-2H3. The summed E-state index contributed by atoms with van der Waals surface area (Å²) in [4.78, 5) is 23.0. The van der Waals surface area contributed by atoms with Crippen LogP contribution in [0.25, 0.3) is 0 Å². The molecule has 1 aromatic heterocycles. The third-order valence-corrected chi connectivity index (χ3v) is 2.67. The summed E-state index contributed by atoms with van der Waals surface area (Å²) in [7, 11) is 1.39. The summed E-state index contributed by atoms with van der Waals surface area (Å²) in [6.45, 7) is 2.23. The Morgan fingerprint density at radius 2 is 1.93 bits per heavy atom. The minimum absolute atomic E-state index is 0.0175. The van der Waals surface area contributed by atoms with Crippen LogP contribution < -0.4 is 11.2 Å². The molecule has 0 radical (unpaired) electrons. The SMILES string of the molecule is CCn1c(CCl)c(Cl)c(=O)n(C)c1=O. The topological polar surface area (TPSA) is 44.0 Å². The maximum Gasteiger partial charge on any atom is 0.331 e. The minimum Gasteiger partial charge on any atom is -0.295 e. The number of hydrogen-bond acceptors (Lipinski definition) is 2. The van der Waals surface area contributed by atoms with Gasteiger partial charge < -0.3 is 0 Å². The van der Waals surface area contributed by atoms with Gasteiger partial charge in [0.1, 0.15) is 5.02 Å². The molecule has 0 N–H and O–H groups in total. The second-order valence-electron chi connectivity index (χ2n) is 2.79. The summed E-state index contributed by atoms with van der Waals surface area (Å²) in [6, 6.07) is 0. The highest BCUT2D eigenvalue weighted by atomic mass is 35.5. The van der Waals surface area contributed by atoms with E-state index in [-0.39, 0.29) is 10.9 Å². The van der Waals surface area contributed by atoms with Crippen LogP contribution in [0.4, 0.5) is 0 Å². The van der Waals surface area contributed by atoms with Gasteiger partial charge in [-0.15, -0.1) is 11.6 Å². The lowest BCUT2D eigenvalue weighted by atomic mass is 10.4. The van der Waals surface area contributed by atoms with E-state index >= 15 is 0 Å². The highest BCUT2D eigenvalue weighted by Crippen LogP contribution is 2.11. The summed E-state index contributed by atoms with van der Waals surface area (Å²) >= 11 is 11.4. The fraction of sp³-hybridized carbons (Fsp3) is 0.500. The number of nitrogens with zero attached hydrogens (tertiary/aromatic N) is 2. The Morgan fingerprint density at radius 1 is 1.36 bits per heavy atom. The van der Waals surface area contributed by atoms with Crippen molar-refractivity contribution in [3.8, 4) is 0 Å². The predicted octanol–water partition coefficient (Wildman–Crippen LogP) is 0.959. The normalized spacial score (nSPS) is 10.6. The van der Waals surface area contributed by atoms with E-state index in [1.807, 2.05) is 0 Å². The number of rotatable bonds is 2. The molecule has 1 heterocycles. The largest absolute Gasteiger partial charge is 0.331 e. The highest BCUT2D eigenvalue weighted by Gasteiger charge is 2.13. The molecule has 0 aliphatic heterocycles. The summed E-state index contributed by atoms with van der Waals surface area (Å²) < 4.78 is 2.36. The van der Waals surface area contributed by atoms with Gasteiger partial charge in [0.2, 0.25) is 0 Å². The van der Waals surface area contributed by atoms with Crippen LogP contribution in [0.3, 0.4) is 0 Å². The van der Waals surface area contributed by atoms with Gasteiger partial charge in [-0.1, -0.05) is 11.6 Å². The molecule has 78 valence electrons. The third-order valence-electron chi connectivity index (χ3n) is 2.03. The molecule has 0 amide bonds. The van der Waals surface area contributed by atoms with Crippen molar-refractivity contribution in [1.82, 2.24) is 9.13 Å². The Morgan fingerprint density at radius 3 is 2.36 bits per heavy atom. The van der Waals surface area contributed by atoms with Gasteiger partial charge in [0, 0.05) is 13.6 Å². The first kappa shape index (κ1) is 11.3. The number of aromatic nitrogens is 2. The average molecular weight is 237 g/mol. The first-order valence-electron chi connectivity index (χ1n) is 4.08. The lowest BCUT2D eigenvalue weighted by molar-refractivity contribution is 0.608. The number of alkyl halides is 1. The third kappa shape index (κ3) is 1.60. The maximum absolute atomic E-state index is 11.6. The van der Waals surface area contributed by atoms with E-state index in [9.17, 15) is 9.59 Å². The zero-order chi connectivity index (χ0) is 10.9. The lowest BCUT2D eigenvalue weighted by Crippen LogP contribution is -2.39. The van der Waals surface area contributed by atoms with Crippen molar-refractivity contribution in [2.24, 2.45) is 7.05 Å². The Labute approximate surface area is 90.7 Å². The van der Waals surface area contributed by atoms with E-state index in [4.69, 9.17) is 23.2 Å². The minimum atomic E-state index is -0.503. The highest BCUT2D eigenvalue weighted by molar-refractivity contribution is 6.31. The molecular formula is C8H10Cl2N2O2. The Kier molecular flexibility index (Phi) is 3.39. The first-order chi connectivity index (χ1) is 6.54. The molecule has 0 unspecified atom stereocenters. The van der Waals surface area contributed by atoms with Crippen LogP contribution in [0.5, 0.6) is 0 Å². The van der Waals surface area contributed by atoms with Crippen LogP contribution in [0.1, 0.15) is 12.6 Å². The average Bonchev–Trinajstić information content (AvgIpc) is 2.20. The monoisotopic (exact) mass is 236 g/mol. The van der Waals surface area contributed by atoms with Gasteiger partial charge in [-0.3, -0.25) is 13.9 Å². The first-order valence-corrected chi connectivity index (χ1v) is 5.00. The quantitative estimate of drug-likeness (QED) is 0.719. The van der Waals surface area contributed by atoms with Crippen LogP contribution in [-0.2, 0) is 19.5 Å². The molecule has 0 aliphatic rings. The zero-order valence-corrected chi connectivity index (χ0v) is 9.39. The van der Waals surface area contributed by atoms with E-state index in [0.717, 1.165) is 4.57 Å². The fourth-order valence-corrected chi connectivity index (χ4v) is 1.87. The molecule has 4 nitrogen and oxygen atoms in total. The second kappa shape index (κ2) is 4.19. The van der Waals surface area contributed by atoms with Crippen LogP contribution in [-0.4, -0.2) is 9.13 Å². The van der Waals surface area contributed by atoms with Crippen molar-refractivity contribution >= 4 is 23.2 Å². The summed E-state index contributed by atoms with van der Waals surface area (Å²) in [5, 5.41) is 0.0175. The van der Waals surface area contributed by atoms with Gasteiger partial charge in [0.15, 0.2) is 0 Å². The number of hydrogen-bond donors (Lipinski definition) is 0. The Hall–Kier alpha value is -0.740. The van der Waals surface area contributed by atoms with Gasteiger partial charge in [-0.2, -0.15) is 0 Å². The molecule has 1 rings (SSSR count). The van der Waals surface area contributed by atoms with Crippen LogP contribution in [0, 0.1) is 0 Å². The molecule has 14 heavy (non-hydrogen) atoms. The molecular weight excluding hydrogens is 227 g/mol. The van der Waals surface area contributed by atoms with Crippen molar-refractivity contribution in [2.45, 2.75) is 19.3 Å².